The minimum atomic E-state index is -0.204. The van der Waals surface area contributed by atoms with Crippen LogP contribution in [0.5, 0.6) is 5.75 Å². The predicted molar refractivity (Wildman–Crippen MR) is 71.0 cm³/mol. The van der Waals surface area contributed by atoms with Gasteiger partial charge in [-0.2, -0.15) is 0 Å². The Balaban J connectivity index is 3.06. The summed E-state index contributed by atoms with van der Waals surface area (Å²) in [6.45, 7) is 4.24. The number of ether oxygens (including phenoxy) is 1. The van der Waals surface area contributed by atoms with Gasteiger partial charge >= 0.3 is 0 Å². The van der Waals surface area contributed by atoms with E-state index in [2.05, 4.69) is 19.2 Å². The molecule has 1 atom stereocenters. The standard InChI is InChI=1S/C13H18ClNO2/c1-4-9(2)11-6-5-10(17-3)7-12(11)15-13(16)8-14/h5-7,9H,4,8H2,1-3H3,(H,15,16). The number of alkyl halides is 1. The van der Waals surface area contributed by atoms with Gasteiger partial charge in [0.25, 0.3) is 0 Å². The Labute approximate surface area is 107 Å². The minimum absolute atomic E-state index is 0.0445. The summed E-state index contributed by atoms with van der Waals surface area (Å²) in [5.41, 5.74) is 1.89. The minimum Gasteiger partial charge on any atom is -0.497 e. The maximum absolute atomic E-state index is 11.4. The molecule has 1 amide bonds. The Hall–Kier alpha value is -1.22. The zero-order valence-corrected chi connectivity index (χ0v) is 11.2. The third-order valence-corrected chi connectivity index (χ3v) is 3.04. The molecule has 0 spiro atoms. The summed E-state index contributed by atoms with van der Waals surface area (Å²) in [6, 6.07) is 5.71. The van der Waals surface area contributed by atoms with E-state index in [1.165, 1.54) is 0 Å². The number of rotatable bonds is 5. The van der Waals surface area contributed by atoms with Crippen LogP contribution < -0.4 is 10.1 Å². The number of carbonyl (C=O) groups is 1. The summed E-state index contributed by atoms with van der Waals surface area (Å²) in [4.78, 5) is 11.4. The molecule has 0 radical (unpaired) electrons. The lowest BCUT2D eigenvalue weighted by Crippen LogP contribution is -2.14. The third kappa shape index (κ3) is 3.63. The number of anilines is 1. The van der Waals surface area contributed by atoms with Crippen molar-refractivity contribution < 1.29 is 9.53 Å². The second-order valence-electron chi connectivity index (χ2n) is 3.94. The molecular formula is C13H18ClNO2. The number of methoxy groups -OCH3 is 1. The van der Waals surface area contributed by atoms with Crippen molar-refractivity contribution in [2.75, 3.05) is 18.3 Å². The molecule has 1 unspecified atom stereocenters. The molecular weight excluding hydrogens is 238 g/mol. The van der Waals surface area contributed by atoms with Crippen molar-refractivity contribution in [2.24, 2.45) is 0 Å². The molecule has 1 aromatic rings. The lowest BCUT2D eigenvalue weighted by Gasteiger charge is -2.16. The maximum Gasteiger partial charge on any atom is 0.239 e. The highest BCUT2D eigenvalue weighted by molar-refractivity contribution is 6.29. The van der Waals surface area contributed by atoms with Gasteiger partial charge in [0.1, 0.15) is 11.6 Å². The first kappa shape index (κ1) is 13.8. The van der Waals surface area contributed by atoms with Crippen molar-refractivity contribution in [3.05, 3.63) is 23.8 Å². The van der Waals surface area contributed by atoms with E-state index in [1.807, 2.05) is 18.2 Å². The Bertz CT molecular complexity index is 393. The first-order valence-electron chi connectivity index (χ1n) is 5.66. The van der Waals surface area contributed by atoms with Crippen LogP contribution in [0.25, 0.3) is 0 Å². The van der Waals surface area contributed by atoms with Crippen LogP contribution in [-0.4, -0.2) is 18.9 Å². The summed E-state index contributed by atoms with van der Waals surface area (Å²) < 4.78 is 5.15. The monoisotopic (exact) mass is 255 g/mol. The molecule has 1 rings (SSSR count). The van der Waals surface area contributed by atoms with Gasteiger partial charge in [-0.3, -0.25) is 4.79 Å². The summed E-state index contributed by atoms with van der Waals surface area (Å²) in [6.07, 6.45) is 1.01. The highest BCUT2D eigenvalue weighted by Crippen LogP contribution is 2.30. The molecule has 1 aromatic carbocycles. The normalized spacial score (nSPS) is 12.0. The van der Waals surface area contributed by atoms with Crippen LogP contribution in [0.2, 0.25) is 0 Å². The molecule has 0 aliphatic heterocycles. The van der Waals surface area contributed by atoms with Gasteiger partial charge in [0.05, 0.1) is 7.11 Å². The van der Waals surface area contributed by atoms with Gasteiger partial charge in [0, 0.05) is 11.8 Å². The van der Waals surface area contributed by atoms with Crippen LogP contribution in [0.4, 0.5) is 5.69 Å². The van der Waals surface area contributed by atoms with Gasteiger partial charge in [-0.1, -0.05) is 19.9 Å². The van der Waals surface area contributed by atoms with Gasteiger partial charge in [0.2, 0.25) is 5.91 Å². The molecule has 17 heavy (non-hydrogen) atoms. The van der Waals surface area contributed by atoms with Crippen molar-refractivity contribution in [1.29, 1.82) is 0 Å². The zero-order valence-electron chi connectivity index (χ0n) is 10.4. The molecule has 3 nitrogen and oxygen atoms in total. The maximum atomic E-state index is 11.4. The van der Waals surface area contributed by atoms with Crippen molar-refractivity contribution in [2.45, 2.75) is 26.2 Å². The number of hydrogen-bond donors (Lipinski definition) is 1. The van der Waals surface area contributed by atoms with E-state index < -0.39 is 0 Å². The summed E-state index contributed by atoms with van der Waals surface area (Å²) in [5, 5.41) is 2.80. The molecule has 0 aromatic heterocycles. The van der Waals surface area contributed by atoms with E-state index in [0.717, 1.165) is 23.4 Å². The Morgan fingerprint density at radius 2 is 2.24 bits per heavy atom. The molecule has 0 aliphatic carbocycles. The molecule has 0 bridgehead atoms. The van der Waals surface area contributed by atoms with E-state index >= 15 is 0 Å². The Morgan fingerprint density at radius 3 is 2.76 bits per heavy atom. The third-order valence-electron chi connectivity index (χ3n) is 2.80. The van der Waals surface area contributed by atoms with Crippen molar-refractivity contribution in [1.82, 2.24) is 0 Å². The Morgan fingerprint density at radius 1 is 1.53 bits per heavy atom. The number of halogens is 1. The van der Waals surface area contributed by atoms with Crippen molar-refractivity contribution in [3.8, 4) is 5.75 Å². The highest BCUT2D eigenvalue weighted by Gasteiger charge is 2.12. The fraction of sp³-hybridized carbons (Fsp3) is 0.462. The summed E-state index contributed by atoms with van der Waals surface area (Å²) in [7, 11) is 1.60. The molecule has 1 N–H and O–H groups in total. The number of nitrogens with one attached hydrogen (secondary N) is 1. The average Bonchev–Trinajstić information content (AvgIpc) is 2.37. The van der Waals surface area contributed by atoms with Crippen LogP contribution in [0, 0.1) is 0 Å². The van der Waals surface area contributed by atoms with Crippen LogP contribution in [-0.2, 0) is 4.79 Å². The van der Waals surface area contributed by atoms with E-state index in [0.29, 0.717) is 5.92 Å². The van der Waals surface area contributed by atoms with Gasteiger partial charge < -0.3 is 10.1 Å². The van der Waals surface area contributed by atoms with Crippen molar-refractivity contribution in [3.63, 3.8) is 0 Å². The first-order valence-corrected chi connectivity index (χ1v) is 6.19. The molecule has 0 fully saturated rings. The van der Waals surface area contributed by atoms with E-state index in [1.54, 1.807) is 7.11 Å². The molecule has 0 saturated heterocycles. The number of benzene rings is 1. The summed E-state index contributed by atoms with van der Waals surface area (Å²) >= 11 is 5.50. The van der Waals surface area contributed by atoms with Gasteiger partial charge in [0.15, 0.2) is 0 Å². The number of amides is 1. The fourth-order valence-electron chi connectivity index (χ4n) is 1.60. The zero-order chi connectivity index (χ0) is 12.8. The lowest BCUT2D eigenvalue weighted by molar-refractivity contribution is -0.113. The second-order valence-corrected chi connectivity index (χ2v) is 4.21. The van der Waals surface area contributed by atoms with Crippen LogP contribution >= 0.6 is 11.6 Å². The first-order chi connectivity index (χ1) is 8.12. The van der Waals surface area contributed by atoms with Gasteiger partial charge in [-0.15, -0.1) is 11.6 Å². The molecule has 0 aliphatic rings. The van der Waals surface area contributed by atoms with Crippen molar-refractivity contribution >= 4 is 23.2 Å². The van der Waals surface area contributed by atoms with E-state index in [4.69, 9.17) is 16.3 Å². The Kier molecular flexibility index (Phi) is 5.29. The molecule has 0 saturated carbocycles. The average molecular weight is 256 g/mol. The number of hydrogen-bond acceptors (Lipinski definition) is 2. The number of carbonyl (C=O) groups excluding carboxylic acids is 1. The van der Waals surface area contributed by atoms with Crippen LogP contribution in [0.3, 0.4) is 0 Å². The largest absolute Gasteiger partial charge is 0.497 e. The smallest absolute Gasteiger partial charge is 0.239 e. The quantitative estimate of drug-likeness (QED) is 0.819. The fourth-order valence-corrected chi connectivity index (χ4v) is 1.67. The second kappa shape index (κ2) is 6.50. The van der Waals surface area contributed by atoms with E-state index in [-0.39, 0.29) is 11.8 Å². The molecule has 0 heterocycles. The van der Waals surface area contributed by atoms with Gasteiger partial charge in [-0.25, -0.2) is 0 Å². The lowest BCUT2D eigenvalue weighted by atomic mass is 9.96. The highest BCUT2D eigenvalue weighted by atomic mass is 35.5. The molecule has 4 heteroatoms. The topological polar surface area (TPSA) is 38.3 Å². The van der Waals surface area contributed by atoms with Crippen LogP contribution in [0.1, 0.15) is 31.7 Å². The van der Waals surface area contributed by atoms with Gasteiger partial charge in [-0.05, 0) is 24.0 Å². The summed E-state index contributed by atoms with van der Waals surface area (Å²) in [5.74, 6) is 0.856. The van der Waals surface area contributed by atoms with E-state index in [9.17, 15) is 4.79 Å². The predicted octanol–water partition coefficient (Wildman–Crippen LogP) is 3.39. The molecule has 94 valence electrons. The van der Waals surface area contributed by atoms with Crippen LogP contribution in [0.15, 0.2) is 18.2 Å². The SMILES string of the molecule is CCC(C)c1ccc(OC)cc1NC(=O)CCl.